The number of thiazole rings is 1. The van der Waals surface area contributed by atoms with Gasteiger partial charge in [0.15, 0.2) is 18.0 Å². The number of rotatable bonds is 5. The first kappa shape index (κ1) is 29.2. The Morgan fingerprint density at radius 2 is 1.39 bits per heavy atom. The lowest BCUT2D eigenvalue weighted by atomic mass is 10.2. The number of hydrogen-bond donors (Lipinski definition) is 0. The van der Waals surface area contributed by atoms with Gasteiger partial charge >= 0.3 is 0 Å². The molecule has 1 aliphatic heterocycles. The quantitative estimate of drug-likeness (QED) is 0.250. The number of benzene rings is 3. The number of ether oxygens (including phenoxy) is 5. The molecule has 1 aliphatic rings. The average molecular weight is 598 g/mol. The number of fused-ring (bicyclic) bond motifs is 2. The van der Waals surface area contributed by atoms with E-state index in [1.165, 1.54) is 6.07 Å². The molecule has 216 valence electrons. The normalized spacial score (nSPS) is 15.9. The van der Waals surface area contributed by atoms with Gasteiger partial charge in [0.05, 0.1) is 44.5 Å². The van der Waals surface area contributed by atoms with Gasteiger partial charge in [0, 0.05) is 17.7 Å². The van der Waals surface area contributed by atoms with Gasteiger partial charge in [-0.1, -0.05) is 47.7 Å². The maximum Gasteiger partial charge on any atom is 0.263 e. The van der Waals surface area contributed by atoms with Gasteiger partial charge in [-0.25, -0.2) is 8.42 Å². The summed E-state index contributed by atoms with van der Waals surface area (Å²) in [6.45, 7) is 3.81. The standard InChI is InChI=1S/C30H31NO8S2/c32-41(33,34)29-8-4-1-5-24(29)22-31-25-6-2-3-7-28(25)40-30(31)12-10-23-9-11-26-27(21-23)39-20-18-37-16-14-35-13-15-36-17-19-38-26/h1-12,21H,13-20,22H2/b12-10+. The third-order valence-corrected chi connectivity index (χ3v) is 8.38. The molecule has 0 bridgehead atoms. The Morgan fingerprint density at radius 1 is 0.756 bits per heavy atom. The molecule has 0 saturated heterocycles. The molecule has 11 heteroatoms. The van der Waals surface area contributed by atoms with Crippen molar-refractivity contribution in [1.29, 1.82) is 0 Å². The summed E-state index contributed by atoms with van der Waals surface area (Å²) >= 11 is 1.58. The summed E-state index contributed by atoms with van der Waals surface area (Å²) in [5.41, 5.74) is 2.28. The van der Waals surface area contributed by atoms with Crippen LogP contribution in [0.15, 0.2) is 71.6 Å². The third kappa shape index (κ3) is 7.91. The van der Waals surface area contributed by atoms with Crippen LogP contribution in [0.2, 0.25) is 0 Å². The maximum atomic E-state index is 11.9. The molecule has 9 nitrogen and oxygen atoms in total. The predicted molar refractivity (Wildman–Crippen MR) is 154 cm³/mol. The highest BCUT2D eigenvalue weighted by Gasteiger charge is 2.21. The Balaban J connectivity index is 1.42. The molecule has 0 fully saturated rings. The van der Waals surface area contributed by atoms with E-state index in [1.54, 1.807) is 29.5 Å². The zero-order chi connectivity index (χ0) is 28.5. The van der Waals surface area contributed by atoms with Crippen molar-refractivity contribution < 1.29 is 41.2 Å². The van der Waals surface area contributed by atoms with E-state index < -0.39 is 10.1 Å². The molecule has 0 radical (unpaired) electrons. The highest BCUT2D eigenvalue weighted by atomic mass is 32.2. The second-order valence-electron chi connectivity index (χ2n) is 9.13. The third-order valence-electron chi connectivity index (χ3n) is 6.31. The van der Waals surface area contributed by atoms with Crippen molar-refractivity contribution >= 4 is 43.8 Å². The molecule has 5 rings (SSSR count). The van der Waals surface area contributed by atoms with E-state index in [0.717, 1.165) is 20.8 Å². The minimum Gasteiger partial charge on any atom is -0.744 e. The highest BCUT2D eigenvalue weighted by molar-refractivity contribution is 7.85. The fourth-order valence-electron chi connectivity index (χ4n) is 4.38. The lowest BCUT2D eigenvalue weighted by Crippen LogP contribution is -2.36. The first-order valence-electron chi connectivity index (χ1n) is 13.3. The Kier molecular flexibility index (Phi) is 9.99. The summed E-state index contributed by atoms with van der Waals surface area (Å²) in [6.07, 6.45) is 3.94. The van der Waals surface area contributed by atoms with Crippen LogP contribution in [0.5, 0.6) is 11.5 Å². The molecule has 4 aromatic rings. The highest BCUT2D eigenvalue weighted by Crippen LogP contribution is 2.30. The molecule has 0 amide bonds. The van der Waals surface area contributed by atoms with Crippen molar-refractivity contribution in [1.82, 2.24) is 0 Å². The Labute approximate surface area is 243 Å². The van der Waals surface area contributed by atoms with Gasteiger partial charge in [0.25, 0.3) is 5.01 Å². The SMILES string of the molecule is O=S(=O)([O-])c1ccccc1C[n+]1c(/C=C/c2ccc3c(c2)OCCOCCOCCOCCO3)sc2ccccc21. The van der Waals surface area contributed by atoms with Crippen LogP contribution in [0.25, 0.3) is 22.4 Å². The number of hydrogen-bond acceptors (Lipinski definition) is 9. The maximum absolute atomic E-state index is 11.9. The van der Waals surface area contributed by atoms with Crippen LogP contribution >= 0.6 is 11.3 Å². The van der Waals surface area contributed by atoms with Crippen LogP contribution < -0.4 is 14.0 Å². The van der Waals surface area contributed by atoms with Crippen molar-refractivity contribution in [2.45, 2.75) is 11.4 Å². The molecule has 0 unspecified atom stereocenters. The van der Waals surface area contributed by atoms with Gasteiger partial charge in [-0.15, -0.1) is 0 Å². The summed E-state index contributed by atoms with van der Waals surface area (Å²) in [5, 5.41) is 0.894. The molecular formula is C30H31NO8S2. The summed E-state index contributed by atoms with van der Waals surface area (Å²) in [7, 11) is -4.61. The zero-order valence-electron chi connectivity index (χ0n) is 22.4. The molecule has 0 atom stereocenters. The number of para-hydroxylation sites is 1. The van der Waals surface area contributed by atoms with E-state index in [9.17, 15) is 13.0 Å². The van der Waals surface area contributed by atoms with Crippen LogP contribution in [-0.2, 0) is 30.9 Å². The van der Waals surface area contributed by atoms with E-state index >= 15 is 0 Å². The minimum atomic E-state index is -4.61. The van der Waals surface area contributed by atoms with Crippen LogP contribution in [-0.4, -0.2) is 65.8 Å². The van der Waals surface area contributed by atoms with Crippen molar-refractivity contribution in [2.75, 3.05) is 52.9 Å². The molecule has 0 saturated carbocycles. The molecular weight excluding hydrogens is 566 g/mol. The first-order chi connectivity index (χ1) is 20.0. The van der Waals surface area contributed by atoms with Crippen LogP contribution in [0.1, 0.15) is 16.1 Å². The van der Waals surface area contributed by atoms with Gasteiger partial charge in [-0.2, -0.15) is 4.57 Å². The van der Waals surface area contributed by atoms with Gasteiger partial charge in [-0.3, -0.25) is 0 Å². The van der Waals surface area contributed by atoms with E-state index in [2.05, 4.69) is 0 Å². The Hall–Kier alpha value is -3.32. The van der Waals surface area contributed by atoms with Crippen LogP contribution in [0.3, 0.4) is 0 Å². The monoisotopic (exact) mass is 597 g/mol. The Morgan fingerprint density at radius 3 is 2.12 bits per heavy atom. The predicted octanol–water partition coefficient (Wildman–Crippen LogP) is 4.13. The van der Waals surface area contributed by atoms with Gasteiger partial charge in [0.2, 0.25) is 5.52 Å². The second-order valence-corrected chi connectivity index (χ2v) is 11.5. The topological polar surface area (TPSA) is 107 Å². The molecule has 0 spiro atoms. The van der Waals surface area contributed by atoms with E-state index in [4.69, 9.17) is 23.7 Å². The number of nitrogens with zero attached hydrogens (tertiary/aromatic N) is 1. The van der Waals surface area contributed by atoms with Crippen LogP contribution in [0.4, 0.5) is 0 Å². The van der Waals surface area contributed by atoms with Crippen LogP contribution in [0, 0.1) is 0 Å². The molecule has 0 aliphatic carbocycles. The smallest absolute Gasteiger partial charge is 0.263 e. The lowest BCUT2D eigenvalue weighted by Gasteiger charge is -2.13. The van der Waals surface area contributed by atoms with Crippen molar-refractivity contribution in [3.05, 3.63) is 82.9 Å². The average Bonchev–Trinajstić information content (AvgIpc) is 3.31. The largest absolute Gasteiger partial charge is 0.744 e. The summed E-state index contributed by atoms with van der Waals surface area (Å²) in [4.78, 5) is -0.210. The fourth-order valence-corrected chi connectivity index (χ4v) is 6.14. The fraction of sp³-hybridized carbons (Fsp3) is 0.300. The number of aromatic nitrogens is 1. The molecule has 1 aromatic heterocycles. The molecule has 3 aromatic carbocycles. The summed E-state index contributed by atoms with van der Waals surface area (Å²) in [5.74, 6) is 1.21. The second kappa shape index (κ2) is 14.0. The van der Waals surface area contributed by atoms with Gasteiger partial charge < -0.3 is 28.2 Å². The molecule has 0 N–H and O–H groups in total. The van der Waals surface area contributed by atoms with E-state index in [-0.39, 0.29) is 11.4 Å². The lowest BCUT2D eigenvalue weighted by molar-refractivity contribution is -0.660. The van der Waals surface area contributed by atoms with Crippen molar-refractivity contribution in [3.63, 3.8) is 0 Å². The zero-order valence-corrected chi connectivity index (χ0v) is 24.0. The summed E-state index contributed by atoms with van der Waals surface area (Å²) < 4.78 is 67.3. The summed E-state index contributed by atoms with van der Waals surface area (Å²) in [6, 6.07) is 19.9. The minimum absolute atomic E-state index is 0.210. The van der Waals surface area contributed by atoms with E-state index in [0.29, 0.717) is 69.9 Å². The van der Waals surface area contributed by atoms with Crippen molar-refractivity contribution in [2.24, 2.45) is 0 Å². The molecule has 41 heavy (non-hydrogen) atoms. The Bertz CT molecular complexity index is 1600. The van der Waals surface area contributed by atoms with E-state index in [1.807, 2.05) is 59.2 Å². The van der Waals surface area contributed by atoms with Gasteiger partial charge in [-0.05, 0) is 35.9 Å². The van der Waals surface area contributed by atoms with Gasteiger partial charge in [0.1, 0.15) is 28.0 Å². The molecule has 2 heterocycles. The first-order valence-corrected chi connectivity index (χ1v) is 15.5. The van der Waals surface area contributed by atoms with Crippen molar-refractivity contribution in [3.8, 4) is 11.5 Å².